The van der Waals surface area contributed by atoms with Crippen molar-refractivity contribution in [1.29, 1.82) is 0 Å². The van der Waals surface area contributed by atoms with Crippen molar-refractivity contribution in [2.24, 2.45) is 0 Å². The molecule has 1 amide bonds. The summed E-state index contributed by atoms with van der Waals surface area (Å²) < 4.78 is 37.5. The number of carbonyl (C=O) groups is 2. The van der Waals surface area contributed by atoms with E-state index in [2.05, 4.69) is 4.98 Å². The smallest absolute Gasteiger partial charge is 0.305 e. The van der Waals surface area contributed by atoms with E-state index >= 15 is 0 Å². The van der Waals surface area contributed by atoms with Crippen molar-refractivity contribution in [3.8, 4) is 11.3 Å². The second-order valence-electron chi connectivity index (χ2n) is 6.16. The van der Waals surface area contributed by atoms with E-state index in [9.17, 15) is 18.4 Å². The summed E-state index contributed by atoms with van der Waals surface area (Å²) in [4.78, 5) is 28.9. The van der Waals surface area contributed by atoms with E-state index in [1.54, 1.807) is 0 Å². The number of carboxylic acid groups (broad SMARTS) is 1. The van der Waals surface area contributed by atoms with Gasteiger partial charge >= 0.3 is 5.97 Å². The molecular weight excluding hydrogens is 362 g/mol. The number of ether oxygens (including phenoxy) is 1. The van der Waals surface area contributed by atoms with Crippen molar-refractivity contribution in [3.63, 3.8) is 0 Å². The quantitative estimate of drug-likeness (QED) is 0.826. The molecule has 1 atom stereocenters. The predicted octanol–water partition coefficient (Wildman–Crippen LogP) is 2.25. The molecule has 0 spiro atoms. The molecule has 27 heavy (non-hydrogen) atoms. The molecule has 7 nitrogen and oxygen atoms in total. The standard InChI is InChI=1S/C18H18F2N2O5/c19-11-1-2-13(14(20)7-11)15-9-21-16(27-15)3-4-17(23)22-5-6-26-10-12(22)8-18(24)25/h1-2,7,9,12H,3-6,8,10H2,(H,24,25). The van der Waals surface area contributed by atoms with Crippen LogP contribution in [0.2, 0.25) is 0 Å². The number of aliphatic carboxylic acids is 1. The SMILES string of the molecule is O=C(O)CC1COCCN1C(=O)CCc1ncc(-c2ccc(F)cc2F)o1. The molecular formula is C18H18F2N2O5. The first-order chi connectivity index (χ1) is 12.9. The van der Waals surface area contributed by atoms with E-state index in [1.165, 1.54) is 17.2 Å². The first-order valence-electron chi connectivity index (χ1n) is 8.43. The molecule has 0 saturated carbocycles. The molecule has 9 heteroatoms. The Balaban J connectivity index is 1.62. The van der Waals surface area contributed by atoms with Crippen molar-refractivity contribution in [1.82, 2.24) is 9.88 Å². The second-order valence-corrected chi connectivity index (χ2v) is 6.16. The van der Waals surface area contributed by atoms with Crippen LogP contribution in [0.4, 0.5) is 8.78 Å². The molecule has 1 N–H and O–H groups in total. The zero-order chi connectivity index (χ0) is 19.4. The predicted molar refractivity (Wildman–Crippen MR) is 88.7 cm³/mol. The lowest BCUT2D eigenvalue weighted by molar-refractivity contribution is -0.146. The Morgan fingerprint density at radius 1 is 1.33 bits per heavy atom. The van der Waals surface area contributed by atoms with Crippen LogP contribution in [-0.4, -0.2) is 52.7 Å². The van der Waals surface area contributed by atoms with Gasteiger partial charge in [-0.15, -0.1) is 0 Å². The van der Waals surface area contributed by atoms with E-state index in [0.717, 1.165) is 12.1 Å². The number of aryl methyl sites for hydroxylation is 1. The Hall–Kier alpha value is -2.81. The molecule has 1 unspecified atom stereocenters. The van der Waals surface area contributed by atoms with Crippen molar-refractivity contribution in [2.45, 2.75) is 25.3 Å². The summed E-state index contributed by atoms with van der Waals surface area (Å²) in [6.45, 7) is 0.869. The van der Waals surface area contributed by atoms with Crippen LogP contribution in [0.25, 0.3) is 11.3 Å². The zero-order valence-corrected chi connectivity index (χ0v) is 14.4. The van der Waals surface area contributed by atoms with E-state index in [1.807, 2.05) is 0 Å². The Labute approximate surface area is 153 Å². The molecule has 1 aliphatic heterocycles. The van der Waals surface area contributed by atoms with Crippen LogP contribution >= 0.6 is 0 Å². The number of amides is 1. The number of halogens is 2. The van der Waals surface area contributed by atoms with Crippen LogP contribution < -0.4 is 0 Å². The fourth-order valence-corrected chi connectivity index (χ4v) is 2.95. The van der Waals surface area contributed by atoms with Gasteiger partial charge < -0.3 is 19.2 Å². The fraction of sp³-hybridized carbons (Fsp3) is 0.389. The lowest BCUT2D eigenvalue weighted by Crippen LogP contribution is -2.49. The normalized spacial score (nSPS) is 17.1. The highest BCUT2D eigenvalue weighted by atomic mass is 19.1. The van der Waals surface area contributed by atoms with Crippen molar-refractivity contribution < 1.29 is 32.6 Å². The number of carbonyl (C=O) groups excluding carboxylic acids is 1. The minimum absolute atomic E-state index is 0.0714. The summed E-state index contributed by atoms with van der Waals surface area (Å²) in [5.74, 6) is -2.30. The molecule has 1 saturated heterocycles. The Bertz CT molecular complexity index is 839. The summed E-state index contributed by atoms with van der Waals surface area (Å²) in [6, 6.07) is 2.62. The summed E-state index contributed by atoms with van der Waals surface area (Å²) >= 11 is 0. The number of morpholine rings is 1. The van der Waals surface area contributed by atoms with Gasteiger partial charge in [0.1, 0.15) is 11.6 Å². The Morgan fingerprint density at radius 2 is 2.15 bits per heavy atom. The summed E-state index contributed by atoms with van der Waals surface area (Å²) in [5, 5.41) is 8.95. The summed E-state index contributed by atoms with van der Waals surface area (Å²) in [7, 11) is 0. The molecule has 0 radical (unpaired) electrons. The molecule has 2 heterocycles. The fourth-order valence-electron chi connectivity index (χ4n) is 2.95. The van der Waals surface area contributed by atoms with Crippen LogP contribution in [0.5, 0.6) is 0 Å². The van der Waals surface area contributed by atoms with Gasteiger partial charge in [0.25, 0.3) is 0 Å². The monoisotopic (exact) mass is 380 g/mol. The number of benzene rings is 1. The van der Waals surface area contributed by atoms with E-state index < -0.39 is 23.6 Å². The maximum Gasteiger partial charge on any atom is 0.305 e. The topological polar surface area (TPSA) is 92.9 Å². The number of rotatable bonds is 6. The van der Waals surface area contributed by atoms with Crippen molar-refractivity contribution in [3.05, 3.63) is 41.9 Å². The molecule has 1 aromatic heterocycles. The number of carboxylic acids is 1. The molecule has 1 aliphatic rings. The van der Waals surface area contributed by atoms with E-state index in [-0.39, 0.29) is 49.0 Å². The Morgan fingerprint density at radius 3 is 2.89 bits per heavy atom. The van der Waals surface area contributed by atoms with Crippen molar-refractivity contribution in [2.75, 3.05) is 19.8 Å². The van der Waals surface area contributed by atoms with Gasteiger partial charge in [-0.25, -0.2) is 13.8 Å². The van der Waals surface area contributed by atoms with Gasteiger partial charge in [0.2, 0.25) is 5.91 Å². The number of aromatic nitrogens is 1. The third-order valence-corrected chi connectivity index (χ3v) is 4.26. The largest absolute Gasteiger partial charge is 0.481 e. The highest BCUT2D eigenvalue weighted by molar-refractivity contribution is 5.78. The number of oxazole rings is 1. The van der Waals surface area contributed by atoms with Gasteiger partial charge in [0.15, 0.2) is 11.7 Å². The summed E-state index contributed by atoms with van der Waals surface area (Å²) in [5.41, 5.74) is 0.0798. The number of nitrogens with zero attached hydrogens (tertiary/aromatic N) is 2. The average molecular weight is 380 g/mol. The number of hydrogen-bond acceptors (Lipinski definition) is 5. The van der Waals surface area contributed by atoms with E-state index in [4.69, 9.17) is 14.3 Å². The molecule has 0 bridgehead atoms. The molecule has 1 fully saturated rings. The number of hydrogen-bond donors (Lipinski definition) is 1. The van der Waals surface area contributed by atoms with E-state index in [0.29, 0.717) is 13.2 Å². The maximum absolute atomic E-state index is 13.8. The average Bonchev–Trinajstić information content (AvgIpc) is 3.08. The van der Waals surface area contributed by atoms with Crippen LogP contribution in [0.3, 0.4) is 0 Å². The van der Waals surface area contributed by atoms with Crippen LogP contribution in [0, 0.1) is 11.6 Å². The molecule has 3 rings (SSSR count). The van der Waals surface area contributed by atoms with Gasteiger partial charge in [0.05, 0.1) is 37.4 Å². The minimum Gasteiger partial charge on any atom is -0.481 e. The first-order valence-corrected chi connectivity index (χ1v) is 8.43. The minimum atomic E-state index is -0.998. The van der Waals surface area contributed by atoms with Gasteiger partial charge in [-0.2, -0.15) is 0 Å². The molecule has 0 aliphatic carbocycles. The lowest BCUT2D eigenvalue weighted by atomic mass is 10.1. The third kappa shape index (κ3) is 4.68. The lowest BCUT2D eigenvalue weighted by Gasteiger charge is -2.34. The highest BCUT2D eigenvalue weighted by Gasteiger charge is 2.29. The van der Waals surface area contributed by atoms with Crippen molar-refractivity contribution >= 4 is 11.9 Å². The Kier molecular flexibility index (Phi) is 5.80. The molecule has 144 valence electrons. The summed E-state index contributed by atoms with van der Waals surface area (Å²) in [6.07, 6.45) is 1.39. The molecule has 1 aromatic carbocycles. The first kappa shape index (κ1) is 19.0. The van der Waals surface area contributed by atoms with Gasteiger partial charge in [0, 0.05) is 25.5 Å². The maximum atomic E-state index is 13.8. The van der Waals surface area contributed by atoms with Crippen LogP contribution in [-0.2, 0) is 20.7 Å². The zero-order valence-electron chi connectivity index (χ0n) is 14.4. The molecule has 2 aromatic rings. The van der Waals surface area contributed by atoms with Gasteiger partial charge in [-0.05, 0) is 12.1 Å². The van der Waals surface area contributed by atoms with Crippen LogP contribution in [0.1, 0.15) is 18.7 Å². The third-order valence-electron chi connectivity index (χ3n) is 4.26. The van der Waals surface area contributed by atoms with Crippen LogP contribution in [0.15, 0.2) is 28.8 Å². The van der Waals surface area contributed by atoms with Gasteiger partial charge in [-0.1, -0.05) is 0 Å². The highest BCUT2D eigenvalue weighted by Crippen LogP contribution is 2.24. The second kappa shape index (κ2) is 8.26. The van der Waals surface area contributed by atoms with Gasteiger partial charge in [-0.3, -0.25) is 9.59 Å².